The van der Waals surface area contributed by atoms with E-state index < -0.39 is 0 Å². The molecule has 0 atom stereocenters. The Morgan fingerprint density at radius 3 is 1.50 bits per heavy atom. The van der Waals surface area contributed by atoms with E-state index in [1.807, 2.05) is 12.1 Å². The maximum atomic E-state index is 9.25. The van der Waals surface area contributed by atoms with Crippen LogP contribution in [0.25, 0.3) is 0 Å². The van der Waals surface area contributed by atoms with Gasteiger partial charge < -0.3 is 10.2 Å². The van der Waals surface area contributed by atoms with Crippen molar-refractivity contribution in [1.29, 1.82) is 0 Å². The highest BCUT2D eigenvalue weighted by Gasteiger charge is 1.91. The summed E-state index contributed by atoms with van der Waals surface area (Å²) in [7, 11) is 0. The normalized spacial score (nSPS) is 9.25. The van der Waals surface area contributed by atoms with Crippen molar-refractivity contribution in [2.75, 3.05) is 0 Å². The summed E-state index contributed by atoms with van der Waals surface area (Å²) in [4.78, 5) is 0. The van der Waals surface area contributed by atoms with Crippen LogP contribution < -0.4 is 0 Å². The molecule has 0 spiro atoms. The molecule has 2 nitrogen and oxygen atoms in total. The molecule has 0 aliphatic carbocycles. The molecule has 0 radical (unpaired) electrons. The van der Waals surface area contributed by atoms with Crippen LogP contribution in [0.3, 0.4) is 0 Å². The summed E-state index contributed by atoms with van der Waals surface area (Å²) in [5.41, 5.74) is 1.48. The van der Waals surface area contributed by atoms with E-state index in [1.54, 1.807) is 36.4 Å². The fourth-order valence-electron chi connectivity index (χ4n) is 1.31. The predicted octanol–water partition coefficient (Wildman–Crippen LogP) is 2.50. The molecule has 0 aliphatic rings. The number of rotatable bonds is 0. The molecule has 0 amide bonds. The van der Waals surface area contributed by atoms with Crippen LogP contribution in [-0.4, -0.2) is 10.2 Å². The molecule has 0 unspecified atom stereocenters. The minimum Gasteiger partial charge on any atom is -0.508 e. The third-order valence-electron chi connectivity index (χ3n) is 2.04. The van der Waals surface area contributed by atoms with Gasteiger partial charge in [0.1, 0.15) is 11.5 Å². The number of phenolic OH excluding ortho intramolecular Hbond substituents is 2. The van der Waals surface area contributed by atoms with Gasteiger partial charge in [-0.05, 0) is 36.4 Å². The summed E-state index contributed by atoms with van der Waals surface area (Å²) in [5.74, 6) is 6.21. The van der Waals surface area contributed by atoms with E-state index in [1.165, 1.54) is 0 Å². The van der Waals surface area contributed by atoms with E-state index in [9.17, 15) is 10.2 Å². The summed E-state index contributed by atoms with van der Waals surface area (Å²) >= 11 is 0. The first kappa shape index (κ1) is 10.1. The SMILES string of the molecule is Oc1cccc(C#Cc2cccc(O)c2)c1. The minimum absolute atomic E-state index is 0.197. The Kier molecular flexibility index (Phi) is 2.79. The van der Waals surface area contributed by atoms with E-state index in [-0.39, 0.29) is 11.5 Å². The summed E-state index contributed by atoms with van der Waals surface area (Å²) in [6, 6.07) is 13.5. The number of benzene rings is 2. The molecule has 0 aromatic heterocycles. The van der Waals surface area contributed by atoms with Gasteiger partial charge in [0.25, 0.3) is 0 Å². The van der Waals surface area contributed by atoms with E-state index in [2.05, 4.69) is 11.8 Å². The highest BCUT2D eigenvalue weighted by Crippen LogP contribution is 2.11. The van der Waals surface area contributed by atoms with Crippen molar-refractivity contribution in [3.63, 3.8) is 0 Å². The van der Waals surface area contributed by atoms with E-state index >= 15 is 0 Å². The van der Waals surface area contributed by atoms with Gasteiger partial charge in [0.2, 0.25) is 0 Å². The average Bonchev–Trinajstić information content (AvgIpc) is 2.27. The summed E-state index contributed by atoms with van der Waals surface area (Å²) in [5, 5.41) is 18.5. The largest absolute Gasteiger partial charge is 0.508 e. The molecule has 0 fully saturated rings. The molecule has 16 heavy (non-hydrogen) atoms. The zero-order valence-corrected chi connectivity index (χ0v) is 8.51. The van der Waals surface area contributed by atoms with Crippen molar-refractivity contribution < 1.29 is 10.2 Å². The predicted molar refractivity (Wildman–Crippen MR) is 62.2 cm³/mol. The lowest BCUT2D eigenvalue weighted by Crippen LogP contribution is -1.75. The first-order valence-electron chi connectivity index (χ1n) is 4.84. The lowest BCUT2D eigenvalue weighted by molar-refractivity contribution is 0.474. The fraction of sp³-hybridized carbons (Fsp3) is 0. The van der Waals surface area contributed by atoms with Crippen LogP contribution in [-0.2, 0) is 0 Å². The molecule has 2 heteroatoms. The van der Waals surface area contributed by atoms with Crippen molar-refractivity contribution in [2.45, 2.75) is 0 Å². The fourth-order valence-corrected chi connectivity index (χ4v) is 1.31. The van der Waals surface area contributed by atoms with Crippen molar-refractivity contribution in [2.24, 2.45) is 0 Å². The Morgan fingerprint density at radius 2 is 1.12 bits per heavy atom. The van der Waals surface area contributed by atoms with E-state index in [0.717, 1.165) is 11.1 Å². The van der Waals surface area contributed by atoms with Gasteiger partial charge in [-0.3, -0.25) is 0 Å². The van der Waals surface area contributed by atoms with Crippen molar-refractivity contribution in [3.05, 3.63) is 59.7 Å². The van der Waals surface area contributed by atoms with Crippen molar-refractivity contribution in [3.8, 4) is 23.3 Å². The zero-order chi connectivity index (χ0) is 11.4. The number of phenols is 2. The molecule has 2 aromatic rings. The van der Waals surface area contributed by atoms with Crippen LogP contribution in [0.1, 0.15) is 11.1 Å². The van der Waals surface area contributed by atoms with Crippen LogP contribution in [0.4, 0.5) is 0 Å². The lowest BCUT2D eigenvalue weighted by Gasteiger charge is -1.93. The second-order valence-corrected chi connectivity index (χ2v) is 3.35. The van der Waals surface area contributed by atoms with Crippen LogP contribution >= 0.6 is 0 Å². The van der Waals surface area contributed by atoms with E-state index in [0.29, 0.717) is 0 Å². The van der Waals surface area contributed by atoms with Gasteiger partial charge in [-0.15, -0.1) is 0 Å². The number of hydrogen-bond donors (Lipinski definition) is 2. The zero-order valence-electron chi connectivity index (χ0n) is 8.51. The standard InChI is InChI=1S/C14H10O2/c15-13-5-1-3-11(9-13)7-8-12-4-2-6-14(16)10-12/h1-6,9-10,15-16H. The average molecular weight is 210 g/mol. The van der Waals surface area contributed by atoms with Gasteiger partial charge in [-0.1, -0.05) is 24.0 Å². The second-order valence-electron chi connectivity index (χ2n) is 3.35. The first-order valence-corrected chi connectivity index (χ1v) is 4.84. The molecule has 2 N–H and O–H groups in total. The monoisotopic (exact) mass is 210 g/mol. The Balaban J connectivity index is 2.28. The summed E-state index contributed by atoms with van der Waals surface area (Å²) < 4.78 is 0. The first-order chi connectivity index (χ1) is 7.74. The summed E-state index contributed by atoms with van der Waals surface area (Å²) in [6.07, 6.45) is 0. The molecule has 0 bridgehead atoms. The van der Waals surface area contributed by atoms with Gasteiger partial charge in [0.05, 0.1) is 0 Å². The molecule has 2 aromatic carbocycles. The lowest BCUT2D eigenvalue weighted by atomic mass is 10.2. The van der Waals surface area contributed by atoms with Gasteiger partial charge in [0, 0.05) is 11.1 Å². The Morgan fingerprint density at radius 1 is 0.688 bits per heavy atom. The second kappa shape index (κ2) is 4.41. The minimum atomic E-state index is 0.197. The van der Waals surface area contributed by atoms with Crippen LogP contribution in [0.15, 0.2) is 48.5 Å². The molecule has 2 rings (SSSR count). The Hall–Kier alpha value is -2.40. The highest BCUT2D eigenvalue weighted by atomic mass is 16.3. The molecule has 0 saturated heterocycles. The Labute approximate surface area is 93.8 Å². The third kappa shape index (κ3) is 2.55. The third-order valence-corrected chi connectivity index (χ3v) is 2.04. The molecule has 78 valence electrons. The van der Waals surface area contributed by atoms with Gasteiger partial charge in [0.15, 0.2) is 0 Å². The molecule has 0 aliphatic heterocycles. The smallest absolute Gasteiger partial charge is 0.116 e. The molecule has 0 saturated carbocycles. The maximum Gasteiger partial charge on any atom is 0.116 e. The quantitative estimate of drug-likeness (QED) is 0.656. The van der Waals surface area contributed by atoms with E-state index in [4.69, 9.17) is 0 Å². The van der Waals surface area contributed by atoms with Crippen LogP contribution in [0, 0.1) is 11.8 Å². The van der Waals surface area contributed by atoms with Crippen molar-refractivity contribution in [1.82, 2.24) is 0 Å². The van der Waals surface area contributed by atoms with Gasteiger partial charge >= 0.3 is 0 Å². The highest BCUT2D eigenvalue weighted by molar-refractivity contribution is 5.46. The number of hydrogen-bond acceptors (Lipinski definition) is 2. The van der Waals surface area contributed by atoms with Crippen molar-refractivity contribution >= 4 is 0 Å². The number of aromatic hydroxyl groups is 2. The topological polar surface area (TPSA) is 40.5 Å². The van der Waals surface area contributed by atoms with Gasteiger partial charge in [-0.2, -0.15) is 0 Å². The molecular formula is C14H10O2. The van der Waals surface area contributed by atoms with Crippen LogP contribution in [0.5, 0.6) is 11.5 Å². The van der Waals surface area contributed by atoms with Gasteiger partial charge in [-0.25, -0.2) is 0 Å². The molecule has 0 heterocycles. The molecular weight excluding hydrogens is 200 g/mol. The Bertz CT molecular complexity index is 513. The van der Waals surface area contributed by atoms with Crippen LogP contribution in [0.2, 0.25) is 0 Å². The maximum absolute atomic E-state index is 9.25. The summed E-state index contributed by atoms with van der Waals surface area (Å²) in [6.45, 7) is 0.